The zero-order chi connectivity index (χ0) is 11.3. The van der Waals surface area contributed by atoms with E-state index < -0.39 is 0 Å². The smallest absolute Gasteiger partial charge is 0.246 e. The highest BCUT2D eigenvalue weighted by molar-refractivity contribution is 7.99. The molecule has 0 aromatic heterocycles. The first-order valence-electron chi connectivity index (χ1n) is 4.81. The molecule has 4 heteroatoms. The van der Waals surface area contributed by atoms with Crippen LogP contribution >= 0.6 is 11.8 Å². The molecule has 0 aliphatic rings. The fourth-order valence-corrected chi connectivity index (χ4v) is 2.15. The molecule has 0 spiro atoms. The molecule has 0 heterocycles. The van der Waals surface area contributed by atoms with Crippen molar-refractivity contribution >= 4 is 17.7 Å². The molecule has 0 aliphatic heterocycles. The number of carbonyl (C=O) groups is 1. The van der Waals surface area contributed by atoms with Gasteiger partial charge < -0.3 is 0 Å². The molecule has 1 amide bonds. The number of nitrogens with two attached hydrogens (primary N) is 1. The number of thioether (sulfide) groups is 1. The Morgan fingerprint density at radius 2 is 2.20 bits per heavy atom. The van der Waals surface area contributed by atoms with Crippen LogP contribution in [-0.2, 0) is 10.5 Å². The molecule has 0 aliphatic carbocycles. The number of rotatable bonds is 4. The predicted octanol–water partition coefficient (Wildman–Crippen LogP) is 1.61. The minimum Gasteiger partial charge on any atom is -0.293 e. The first-order chi connectivity index (χ1) is 7.15. The molecular weight excluding hydrogens is 208 g/mol. The second-order valence-corrected chi connectivity index (χ2v) is 4.72. The van der Waals surface area contributed by atoms with Crippen molar-refractivity contribution in [1.29, 1.82) is 0 Å². The van der Waals surface area contributed by atoms with E-state index in [4.69, 9.17) is 5.84 Å². The van der Waals surface area contributed by atoms with Gasteiger partial charge in [-0.2, -0.15) is 0 Å². The maximum absolute atomic E-state index is 11.2. The van der Waals surface area contributed by atoms with Gasteiger partial charge >= 0.3 is 0 Å². The van der Waals surface area contributed by atoms with Crippen molar-refractivity contribution in [3.8, 4) is 0 Å². The summed E-state index contributed by atoms with van der Waals surface area (Å²) in [4.78, 5) is 11.2. The van der Waals surface area contributed by atoms with E-state index in [1.165, 1.54) is 11.1 Å². The van der Waals surface area contributed by atoms with Gasteiger partial charge in [-0.3, -0.25) is 10.2 Å². The average Bonchev–Trinajstić information content (AvgIpc) is 2.26. The van der Waals surface area contributed by atoms with E-state index in [2.05, 4.69) is 24.5 Å². The lowest BCUT2D eigenvalue weighted by Gasteiger charge is -2.10. The molecule has 0 fully saturated rings. The van der Waals surface area contributed by atoms with Gasteiger partial charge in [-0.25, -0.2) is 5.84 Å². The van der Waals surface area contributed by atoms with Crippen molar-refractivity contribution in [2.24, 2.45) is 5.84 Å². The fourth-order valence-electron chi connectivity index (χ4n) is 1.18. The second-order valence-electron chi connectivity index (χ2n) is 3.39. The van der Waals surface area contributed by atoms with E-state index in [-0.39, 0.29) is 11.2 Å². The van der Waals surface area contributed by atoms with Crippen LogP contribution in [-0.4, -0.2) is 11.2 Å². The molecule has 1 unspecified atom stereocenters. The summed E-state index contributed by atoms with van der Waals surface area (Å²) in [7, 11) is 0. The normalized spacial score (nSPS) is 12.2. The van der Waals surface area contributed by atoms with Crippen molar-refractivity contribution in [3.05, 3.63) is 35.4 Å². The number of hydrogen-bond acceptors (Lipinski definition) is 3. The third-order valence-electron chi connectivity index (χ3n) is 2.26. The Bertz CT molecular complexity index is 341. The van der Waals surface area contributed by atoms with Crippen LogP contribution in [0.1, 0.15) is 18.1 Å². The molecular formula is C11H16N2OS. The van der Waals surface area contributed by atoms with Gasteiger partial charge in [0.05, 0.1) is 5.25 Å². The summed E-state index contributed by atoms with van der Waals surface area (Å²) in [6, 6.07) is 8.18. The number of carbonyl (C=O) groups excluding carboxylic acids is 1. The largest absolute Gasteiger partial charge is 0.293 e. The molecule has 82 valence electrons. The fraction of sp³-hybridized carbons (Fsp3) is 0.364. The minimum absolute atomic E-state index is 0.116. The molecule has 0 saturated carbocycles. The number of amides is 1. The van der Waals surface area contributed by atoms with E-state index in [9.17, 15) is 4.79 Å². The van der Waals surface area contributed by atoms with Crippen LogP contribution in [0.5, 0.6) is 0 Å². The highest BCUT2D eigenvalue weighted by atomic mass is 32.2. The third kappa shape index (κ3) is 3.57. The quantitative estimate of drug-likeness (QED) is 0.464. The van der Waals surface area contributed by atoms with E-state index in [0.29, 0.717) is 0 Å². The number of hydrogen-bond donors (Lipinski definition) is 2. The van der Waals surface area contributed by atoms with Gasteiger partial charge in [0.15, 0.2) is 0 Å². The monoisotopic (exact) mass is 224 g/mol. The minimum atomic E-state index is -0.131. The van der Waals surface area contributed by atoms with Crippen LogP contribution < -0.4 is 11.3 Å². The predicted molar refractivity (Wildman–Crippen MR) is 64.3 cm³/mol. The van der Waals surface area contributed by atoms with Crippen LogP contribution in [0.4, 0.5) is 0 Å². The molecule has 1 atom stereocenters. The number of hydrazine groups is 1. The van der Waals surface area contributed by atoms with Crippen LogP contribution in [0, 0.1) is 6.92 Å². The Morgan fingerprint density at radius 3 is 2.80 bits per heavy atom. The highest BCUT2D eigenvalue weighted by Crippen LogP contribution is 2.19. The Labute approximate surface area is 94.4 Å². The summed E-state index contributed by atoms with van der Waals surface area (Å²) in [5.41, 5.74) is 4.67. The van der Waals surface area contributed by atoms with Gasteiger partial charge in [0.1, 0.15) is 0 Å². The van der Waals surface area contributed by atoms with Crippen molar-refractivity contribution in [2.45, 2.75) is 24.9 Å². The lowest BCUT2D eigenvalue weighted by atomic mass is 10.1. The zero-order valence-electron chi connectivity index (χ0n) is 8.99. The standard InChI is InChI=1S/C11H16N2OS/c1-8-5-3-4-6-10(8)7-15-9(2)11(14)13-12/h3-6,9H,7,12H2,1-2H3,(H,13,14). The molecule has 3 nitrogen and oxygen atoms in total. The van der Waals surface area contributed by atoms with E-state index >= 15 is 0 Å². The molecule has 1 rings (SSSR count). The van der Waals surface area contributed by atoms with E-state index in [1.807, 2.05) is 19.1 Å². The molecule has 0 bridgehead atoms. The van der Waals surface area contributed by atoms with Gasteiger partial charge in [0.25, 0.3) is 0 Å². The lowest BCUT2D eigenvalue weighted by molar-refractivity contribution is -0.120. The van der Waals surface area contributed by atoms with Gasteiger partial charge in [-0.15, -0.1) is 11.8 Å². The Balaban J connectivity index is 2.50. The van der Waals surface area contributed by atoms with Crippen molar-refractivity contribution in [2.75, 3.05) is 0 Å². The SMILES string of the molecule is Cc1ccccc1CSC(C)C(=O)NN. The van der Waals surface area contributed by atoms with Crippen LogP contribution in [0.25, 0.3) is 0 Å². The molecule has 3 N–H and O–H groups in total. The summed E-state index contributed by atoms with van der Waals surface area (Å²) < 4.78 is 0. The second kappa shape index (κ2) is 5.78. The summed E-state index contributed by atoms with van der Waals surface area (Å²) in [6.45, 7) is 3.93. The number of aryl methyl sites for hydroxylation is 1. The first kappa shape index (κ1) is 12.1. The number of nitrogens with one attached hydrogen (secondary N) is 1. The van der Waals surface area contributed by atoms with Crippen LogP contribution in [0.3, 0.4) is 0 Å². The molecule has 1 aromatic carbocycles. The van der Waals surface area contributed by atoms with E-state index in [0.717, 1.165) is 5.75 Å². The Kier molecular flexibility index (Phi) is 4.65. The molecule has 1 aromatic rings. The van der Waals surface area contributed by atoms with Crippen molar-refractivity contribution in [3.63, 3.8) is 0 Å². The topological polar surface area (TPSA) is 55.1 Å². The Hall–Kier alpha value is -1.00. The summed E-state index contributed by atoms with van der Waals surface area (Å²) in [5, 5.41) is -0.116. The molecule has 0 radical (unpaired) electrons. The third-order valence-corrected chi connectivity index (χ3v) is 3.45. The van der Waals surface area contributed by atoms with Crippen molar-refractivity contribution in [1.82, 2.24) is 5.43 Å². The van der Waals surface area contributed by atoms with Gasteiger partial charge in [-0.05, 0) is 25.0 Å². The van der Waals surface area contributed by atoms with Crippen molar-refractivity contribution < 1.29 is 4.79 Å². The summed E-state index contributed by atoms with van der Waals surface area (Å²) in [6.07, 6.45) is 0. The maximum atomic E-state index is 11.2. The van der Waals surface area contributed by atoms with Crippen LogP contribution in [0.2, 0.25) is 0 Å². The van der Waals surface area contributed by atoms with Gasteiger partial charge in [0, 0.05) is 5.75 Å². The lowest BCUT2D eigenvalue weighted by Crippen LogP contribution is -2.36. The van der Waals surface area contributed by atoms with Gasteiger partial charge in [-0.1, -0.05) is 24.3 Å². The summed E-state index contributed by atoms with van der Waals surface area (Å²) >= 11 is 1.58. The molecule has 15 heavy (non-hydrogen) atoms. The van der Waals surface area contributed by atoms with Gasteiger partial charge in [0.2, 0.25) is 5.91 Å². The Morgan fingerprint density at radius 1 is 1.53 bits per heavy atom. The average molecular weight is 224 g/mol. The van der Waals surface area contributed by atoms with Crippen LogP contribution in [0.15, 0.2) is 24.3 Å². The summed E-state index contributed by atoms with van der Waals surface area (Å²) in [5.74, 6) is 5.76. The van der Waals surface area contributed by atoms with E-state index in [1.54, 1.807) is 11.8 Å². The first-order valence-corrected chi connectivity index (χ1v) is 5.86. The maximum Gasteiger partial charge on any atom is 0.246 e. The molecule has 0 saturated heterocycles. The number of benzene rings is 1. The highest BCUT2D eigenvalue weighted by Gasteiger charge is 2.11. The zero-order valence-corrected chi connectivity index (χ0v) is 9.80.